The van der Waals surface area contributed by atoms with Crippen LogP contribution in [-0.2, 0) is 0 Å². The molecule has 0 bridgehead atoms. The Morgan fingerprint density at radius 2 is 1.95 bits per heavy atom. The molecule has 8 heteroatoms. The van der Waals surface area contributed by atoms with Gasteiger partial charge in [-0.15, -0.1) is 0 Å². The largest absolute Gasteiger partial charge is 0.324 e. The fourth-order valence-electron chi connectivity index (χ4n) is 1.85. The van der Waals surface area contributed by atoms with E-state index in [4.69, 9.17) is 11.6 Å². The second-order valence-corrected chi connectivity index (χ2v) is 4.56. The lowest BCUT2D eigenvalue weighted by Gasteiger charge is -2.02. The number of aryl methyl sites for hydroxylation is 1. The lowest BCUT2D eigenvalue weighted by molar-refractivity contribution is -0.385. The molecule has 0 saturated carbocycles. The molecule has 0 aliphatic carbocycles. The van der Waals surface area contributed by atoms with Gasteiger partial charge in [0.2, 0.25) is 5.15 Å². The zero-order valence-electron chi connectivity index (χ0n) is 12.3. The van der Waals surface area contributed by atoms with Crippen molar-refractivity contribution < 1.29 is 4.92 Å². The minimum atomic E-state index is -0.620. The van der Waals surface area contributed by atoms with Gasteiger partial charge in [0.25, 0.3) is 0 Å². The molecule has 0 unspecified atom stereocenters. The van der Waals surface area contributed by atoms with Crippen molar-refractivity contribution in [3.8, 4) is 11.5 Å². The lowest BCUT2D eigenvalue weighted by atomic mass is 10.3. The SMILES string of the molecule is CC.Cc1ccc2ncc(-c3ncc([N+](=O)[O-])c(Cl)n3)n2c1. The van der Waals surface area contributed by atoms with Gasteiger partial charge in [0.05, 0.1) is 11.1 Å². The first kappa shape index (κ1) is 15.8. The summed E-state index contributed by atoms with van der Waals surface area (Å²) in [6, 6.07) is 3.81. The van der Waals surface area contributed by atoms with Crippen LogP contribution >= 0.6 is 11.6 Å². The van der Waals surface area contributed by atoms with Crippen LogP contribution in [0, 0.1) is 17.0 Å². The number of rotatable bonds is 2. The molecule has 0 N–H and O–H groups in total. The van der Waals surface area contributed by atoms with Crippen molar-refractivity contribution in [1.29, 1.82) is 0 Å². The van der Waals surface area contributed by atoms with Crippen molar-refractivity contribution in [3.05, 3.63) is 51.6 Å². The highest BCUT2D eigenvalue weighted by molar-refractivity contribution is 6.31. The topological polar surface area (TPSA) is 86.2 Å². The minimum absolute atomic E-state index is 0.192. The fraction of sp³-hybridized carbons (Fsp3) is 0.214. The first-order chi connectivity index (χ1) is 10.6. The Morgan fingerprint density at radius 1 is 1.23 bits per heavy atom. The van der Waals surface area contributed by atoms with Gasteiger partial charge in [0.1, 0.15) is 17.5 Å². The van der Waals surface area contributed by atoms with Crippen molar-refractivity contribution in [2.45, 2.75) is 20.8 Å². The average molecular weight is 320 g/mol. The van der Waals surface area contributed by atoms with Crippen LogP contribution in [0.15, 0.2) is 30.7 Å². The van der Waals surface area contributed by atoms with Gasteiger partial charge in [-0.2, -0.15) is 0 Å². The van der Waals surface area contributed by atoms with E-state index in [0.29, 0.717) is 11.5 Å². The highest BCUT2D eigenvalue weighted by atomic mass is 35.5. The van der Waals surface area contributed by atoms with Crippen molar-refractivity contribution in [3.63, 3.8) is 0 Å². The summed E-state index contributed by atoms with van der Waals surface area (Å²) in [7, 11) is 0. The third-order valence-corrected chi connectivity index (χ3v) is 3.08. The van der Waals surface area contributed by atoms with E-state index in [1.165, 1.54) is 0 Å². The van der Waals surface area contributed by atoms with E-state index >= 15 is 0 Å². The van der Waals surface area contributed by atoms with Crippen LogP contribution in [0.5, 0.6) is 0 Å². The zero-order valence-corrected chi connectivity index (χ0v) is 13.1. The number of aromatic nitrogens is 4. The molecular formula is C14H14ClN5O2. The molecule has 22 heavy (non-hydrogen) atoms. The first-order valence-electron chi connectivity index (χ1n) is 6.67. The Labute approximate surface area is 131 Å². The lowest BCUT2D eigenvalue weighted by Crippen LogP contribution is -1.98. The summed E-state index contributed by atoms with van der Waals surface area (Å²) in [6.07, 6.45) is 4.59. The van der Waals surface area contributed by atoms with E-state index in [1.807, 2.05) is 43.5 Å². The van der Waals surface area contributed by atoms with E-state index in [2.05, 4.69) is 15.0 Å². The highest BCUT2D eigenvalue weighted by Gasteiger charge is 2.17. The molecule has 3 rings (SSSR count). The number of hydrogen-bond acceptors (Lipinski definition) is 5. The van der Waals surface area contributed by atoms with Gasteiger partial charge in [-0.05, 0) is 18.6 Å². The van der Waals surface area contributed by atoms with Crippen molar-refractivity contribution in [2.75, 3.05) is 0 Å². The normalized spacial score (nSPS) is 10.2. The molecule has 3 aromatic heterocycles. The van der Waals surface area contributed by atoms with Gasteiger partial charge in [-0.1, -0.05) is 31.5 Å². The summed E-state index contributed by atoms with van der Waals surface area (Å²) in [5.74, 6) is 0.290. The Kier molecular flexibility index (Phi) is 4.67. The number of imidazole rings is 1. The van der Waals surface area contributed by atoms with Crippen molar-refractivity contribution in [1.82, 2.24) is 19.4 Å². The van der Waals surface area contributed by atoms with E-state index in [9.17, 15) is 10.1 Å². The number of nitrogens with zero attached hydrogens (tertiary/aromatic N) is 5. The van der Waals surface area contributed by atoms with Crippen LogP contribution < -0.4 is 0 Å². The first-order valence-corrected chi connectivity index (χ1v) is 7.05. The molecule has 0 aliphatic rings. The van der Waals surface area contributed by atoms with E-state index in [1.54, 1.807) is 6.20 Å². The van der Waals surface area contributed by atoms with Crippen LogP contribution in [0.2, 0.25) is 5.15 Å². The predicted octanol–water partition coefficient (Wildman–Crippen LogP) is 3.69. The summed E-state index contributed by atoms with van der Waals surface area (Å²) in [6.45, 7) is 5.95. The van der Waals surface area contributed by atoms with Gasteiger partial charge in [0, 0.05) is 6.20 Å². The molecule has 3 heterocycles. The number of pyridine rings is 1. The molecule has 0 fully saturated rings. The number of hydrogen-bond donors (Lipinski definition) is 0. The molecule has 0 amide bonds. The van der Waals surface area contributed by atoms with Gasteiger partial charge in [-0.25, -0.2) is 15.0 Å². The summed E-state index contributed by atoms with van der Waals surface area (Å²) < 4.78 is 1.81. The number of fused-ring (bicyclic) bond motifs is 1. The summed E-state index contributed by atoms with van der Waals surface area (Å²) in [5.41, 5.74) is 2.09. The average Bonchev–Trinajstić information content (AvgIpc) is 2.91. The van der Waals surface area contributed by atoms with Gasteiger partial charge in [0.15, 0.2) is 5.82 Å². The predicted molar refractivity (Wildman–Crippen MR) is 84.0 cm³/mol. The summed E-state index contributed by atoms with van der Waals surface area (Å²) >= 11 is 5.80. The van der Waals surface area contributed by atoms with Crippen LogP contribution in [0.1, 0.15) is 19.4 Å². The second-order valence-electron chi connectivity index (χ2n) is 4.20. The number of nitro groups is 1. The Bertz CT molecular complexity index is 831. The maximum Gasteiger partial charge on any atom is 0.324 e. The summed E-state index contributed by atoms with van der Waals surface area (Å²) in [4.78, 5) is 22.3. The maximum atomic E-state index is 10.7. The molecular weight excluding hydrogens is 306 g/mol. The Morgan fingerprint density at radius 3 is 2.59 bits per heavy atom. The summed E-state index contributed by atoms with van der Waals surface area (Å²) in [5, 5.41) is 10.5. The smallest absolute Gasteiger partial charge is 0.297 e. The van der Waals surface area contributed by atoms with E-state index in [-0.39, 0.29) is 10.8 Å². The molecule has 0 atom stereocenters. The van der Waals surface area contributed by atoms with Gasteiger partial charge in [-0.3, -0.25) is 14.5 Å². The van der Waals surface area contributed by atoms with Crippen LogP contribution in [0.4, 0.5) is 5.69 Å². The number of halogens is 1. The van der Waals surface area contributed by atoms with Crippen LogP contribution in [-0.4, -0.2) is 24.3 Å². The highest BCUT2D eigenvalue weighted by Crippen LogP contribution is 2.24. The maximum absolute atomic E-state index is 10.7. The molecule has 0 radical (unpaired) electrons. The molecule has 3 aromatic rings. The van der Waals surface area contributed by atoms with E-state index < -0.39 is 4.92 Å². The third-order valence-electron chi connectivity index (χ3n) is 2.80. The molecule has 114 valence electrons. The zero-order chi connectivity index (χ0) is 16.3. The molecule has 0 aromatic carbocycles. The molecule has 7 nitrogen and oxygen atoms in total. The van der Waals surface area contributed by atoms with Gasteiger partial charge < -0.3 is 0 Å². The Balaban J connectivity index is 0.000000847. The van der Waals surface area contributed by atoms with Crippen molar-refractivity contribution >= 4 is 22.9 Å². The standard InChI is InChI=1S/C12H8ClN5O2.C2H6/c1-7-2-3-10-14-5-9(17(10)6-7)12-15-4-8(18(19)20)11(13)16-12;1-2/h2-6H,1H3;1-2H3. The van der Waals surface area contributed by atoms with E-state index in [0.717, 1.165) is 17.4 Å². The van der Waals surface area contributed by atoms with Crippen LogP contribution in [0.3, 0.4) is 0 Å². The minimum Gasteiger partial charge on any atom is -0.297 e. The molecule has 0 aliphatic heterocycles. The molecule has 0 spiro atoms. The fourth-order valence-corrected chi connectivity index (χ4v) is 2.05. The van der Waals surface area contributed by atoms with Gasteiger partial charge >= 0.3 is 5.69 Å². The van der Waals surface area contributed by atoms with Crippen LogP contribution in [0.25, 0.3) is 17.2 Å². The quantitative estimate of drug-likeness (QED) is 0.408. The molecule has 0 saturated heterocycles. The monoisotopic (exact) mass is 319 g/mol. The third kappa shape index (κ3) is 2.89. The second kappa shape index (κ2) is 6.48. The Hall–Kier alpha value is -2.54. The van der Waals surface area contributed by atoms with Crippen molar-refractivity contribution in [2.24, 2.45) is 0 Å².